The summed E-state index contributed by atoms with van der Waals surface area (Å²) in [6, 6.07) is 22.2. The summed E-state index contributed by atoms with van der Waals surface area (Å²) in [5.74, 6) is 2.58. The molecule has 0 aliphatic carbocycles. The molecule has 2 aromatic carbocycles. The summed E-state index contributed by atoms with van der Waals surface area (Å²) in [5, 5.41) is 12.6. The van der Waals surface area contributed by atoms with Crippen molar-refractivity contribution in [1.29, 1.82) is 0 Å². The van der Waals surface area contributed by atoms with Crippen LogP contribution in [-0.4, -0.2) is 32.2 Å². The predicted octanol–water partition coefficient (Wildman–Crippen LogP) is 5.03. The van der Waals surface area contributed by atoms with Crippen molar-refractivity contribution in [3.63, 3.8) is 0 Å². The zero-order valence-corrected chi connectivity index (χ0v) is 18.9. The first kappa shape index (κ1) is 20.9. The van der Waals surface area contributed by atoms with E-state index < -0.39 is 0 Å². The van der Waals surface area contributed by atoms with Crippen LogP contribution in [0.2, 0.25) is 0 Å². The number of furan rings is 1. The molecule has 0 spiro atoms. The van der Waals surface area contributed by atoms with E-state index >= 15 is 0 Å². The minimum Gasteiger partial charge on any atom is -0.461 e. The first-order chi connectivity index (χ1) is 15.8. The van der Waals surface area contributed by atoms with Crippen LogP contribution in [-0.2, 0) is 11.3 Å². The van der Waals surface area contributed by atoms with Gasteiger partial charge in [-0.2, -0.15) is 0 Å². The Morgan fingerprint density at radius 1 is 1.09 bits per heavy atom. The van der Waals surface area contributed by atoms with Crippen LogP contribution in [0.3, 0.4) is 0 Å². The highest BCUT2D eigenvalue weighted by molar-refractivity contribution is 7.99. The molecule has 4 aromatic rings. The third-order valence-electron chi connectivity index (χ3n) is 5.27. The molecule has 0 radical (unpaired) electrons. The number of benzene rings is 2. The Morgan fingerprint density at radius 3 is 2.78 bits per heavy atom. The third-order valence-corrected chi connectivity index (χ3v) is 7.36. The molecule has 32 heavy (non-hydrogen) atoms. The number of hydrogen-bond donors (Lipinski definition) is 1. The van der Waals surface area contributed by atoms with E-state index in [-0.39, 0.29) is 17.7 Å². The van der Waals surface area contributed by atoms with Gasteiger partial charge in [-0.1, -0.05) is 60.3 Å². The second-order valence-corrected chi connectivity index (χ2v) is 9.52. The lowest BCUT2D eigenvalue weighted by Gasteiger charge is -2.25. The van der Waals surface area contributed by atoms with Crippen LogP contribution in [0.5, 0.6) is 0 Å². The zero-order valence-electron chi connectivity index (χ0n) is 17.3. The maximum absolute atomic E-state index is 12.8. The first-order valence-corrected chi connectivity index (χ1v) is 12.4. The van der Waals surface area contributed by atoms with E-state index in [1.54, 1.807) is 6.26 Å². The van der Waals surface area contributed by atoms with E-state index in [1.807, 2.05) is 58.8 Å². The van der Waals surface area contributed by atoms with E-state index in [4.69, 9.17) is 4.42 Å². The van der Waals surface area contributed by atoms with Crippen molar-refractivity contribution < 1.29 is 9.21 Å². The van der Waals surface area contributed by atoms with Crippen LogP contribution in [0.25, 0.3) is 11.6 Å². The summed E-state index contributed by atoms with van der Waals surface area (Å²) in [6.45, 7) is 0.598. The fourth-order valence-electron chi connectivity index (χ4n) is 3.75. The molecule has 162 valence electrons. The van der Waals surface area contributed by atoms with Crippen molar-refractivity contribution in [1.82, 2.24) is 20.1 Å². The minimum atomic E-state index is -0.00415. The van der Waals surface area contributed by atoms with E-state index in [0.29, 0.717) is 23.3 Å². The lowest BCUT2D eigenvalue weighted by Crippen LogP contribution is -2.32. The summed E-state index contributed by atoms with van der Waals surface area (Å²) >= 11 is 3.24. The van der Waals surface area contributed by atoms with Crippen molar-refractivity contribution >= 4 is 29.4 Å². The molecule has 2 aromatic heterocycles. The number of carbonyl (C=O) groups excluding carboxylic acids is 1. The highest BCUT2D eigenvalue weighted by Crippen LogP contribution is 2.36. The lowest BCUT2D eigenvalue weighted by molar-refractivity contribution is -0.119. The summed E-state index contributed by atoms with van der Waals surface area (Å²) < 4.78 is 7.56. The van der Waals surface area contributed by atoms with Gasteiger partial charge in [0.2, 0.25) is 11.7 Å². The van der Waals surface area contributed by atoms with Crippen molar-refractivity contribution in [2.75, 3.05) is 11.5 Å². The van der Waals surface area contributed by atoms with Gasteiger partial charge >= 0.3 is 0 Å². The molecule has 0 bridgehead atoms. The lowest BCUT2D eigenvalue weighted by atomic mass is 10.0. The van der Waals surface area contributed by atoms with Crippen LogP contribution >= 0.6 is 23.5 Å². The Kier molecular flexibility index (Phi) is 6.31. The number of fused-ring (bicyclic) bond motifs is 1. The van der Waals surface area contributed by atoms with Crippen molar-refractivity contribution in [2.24, 2.45) is 0 Å². The summed E-state index contributed by atoms with van der Waals surface area (Å²) in [4.78, 5) is 14.0. The second-order valence-electron chi connectivity index (χ2n) is 7.44. The summed E-state index contributed by atoms with van der Waals surface area (Å²) in [6.07, 6.45) is 2.56. The standard InChI is InChI=1S/C24H22N4O2S2/c29-22(25-19-12-14-31-21-11-5-4-9-18(19)21)16-32-24-27-26-23(20-10-6-13-30-20)28(24)15-17-7-2-1-3-8-17/h1-11,13,19H,12,14-16H2,(H,25,29). The van der Waals surface area contributed by atoms with Gasteiger partial charge in [-0.15, -0.1) is 22.0 Å². The normalized spacial score (nSPS) is 15.3. The second kappa shape index (κ2) is 9.67. The van der Waals surface area contributed by atoms with E-state index in [9.17, 15) is 4.79 Å². The molecule has 1 unspecified atom stereocenters. The molecule has 1 atom stereocenters. The minimum absolute atomic E-state index is 0.00415. The van der Waals surface area contributed by atoms with Gasteiger partial charge in [-0.25, -0.2) is 0 Å². The summed E-state index contributed by atoms with van der Waals surface area (Å²) in [5.41, 5.74) is 2.33. The fraction of sp³-hybridized carbons (Fsp3) is 0.208. The molecule has 0 fully saturated rings. The molecule has 8 heteroatoms. The molecule has 1 amide bonds. The van der Waals surface area contributed by atoms with Gasteiger partial charge in [0.05, 0.1) is 24.6 Å². The Balaban J connectivity index is 1.31. The smallest absolute Gasteiger partial charge is 0.230 e. The monoisotopic (exact) mass is 462 g/mol. The number of nitrogens with zero attached hydrogens (tertiary/aromatic N) is 3. The van der Waals surface area contributed by atoms with Gasteiger partial charge < -0.3 is 9.73 Å². The van der Waals surface area contributed by atoms with Gasteiger partial charge in [-0.3, -0.25) is 9.36 Å². The number of carbonyl (C=O) groups is 1. The maximum atomic E-state index is 12.8. The van der Waals surface area contributed by atoms with Crippen LogP contribution < -0.4 is 5.32 Å². The number of aromatic nitrogens is 3. The van der Waals surface area contributed by atoms with Crippen LogP contribution in [0.15, 0.2) is 87.5 Å². The topological polar surface area (TPSA) is 73.0 Å². The van der Waals surface area contributed by atoms with Crippen LogP contribution in [0, 0.1) is 0 Å². The van der Waals surface area contributed by atoms with Gasteiger partial charge in [0.1, 0.15) is 0 Å². The number of amides is 1. The Labute approximate surface area is 194 Å². The Hall–Kier alpha value is -2.97. The average Bonchev–Trinajstić information content (AvgIpc) is 3.49. The number of thioether (sulfide) groups is 2. The molecular weight excluding hydrogens is 440 g/mol. The van der Waals surface area contributed by atoms with E-state index in [1.165, 1.54) is 22.2 Å². The molecule has 0 saturated carbocycles. The molecule has 3 heterocycles. The SMILES string of the molecule is O=C(CSc1nnc(-c2ccco2)n1Cc1ccccc1)NC1CCSc2ccccc21. The maximum Gasteiger partial charge on any atom is 0.230 e. The van der Waals surface area contributed by atoms with Gasteiger partial charge in [-0.05, 0) is 35.7 Å². The average molecular weight is 463 g/mol. The highest BCUT2D eigenvalue weighted by Gasteiger charge is 2.23. The molecule has 0 saturated heterocycles. The Bertz CT molecular complexity index is 1190. The fourth-order valence-corrected chi connectivity index (χ4v) is 5.62. The van der Waals surface area contributed by atoms with E-state index in [2.05, 4.69) is 39.8 Å². The van der Waals surface area contributed by atoms with Crippen molar-refractivity contribution in [3.8, 4) is 11.6 Å². The van der Waals surface area contributed by atoms with Crippen LogP contribution in [0.4, 0.5) is 0 Å². The third kappa shape index (κ3) is 4.61. The number of hydrogen-bond acceptors (Lipinski definition) is 6. The van der Waals surface area contributed by atoms with Gasteiger partial charge in [0.25, 0.3) is 0 Å². The highest BCUT2D eigenvalue weighted by atomic mass is 32.2. The number of rotatable bonds is 7. The van der Waals surface area contributed by atoms with Gasteiger partial charge in [0.15, 0.2) is 10.9 Å². The largest absolute Gasteiger partial charge is 0.461 e. The van der Waals surface area contributed by atoms with Gasteiger partial charge in [0, 0.05) is 10.6 Å². The van der Waals surface area contributed by atoms with Crippen LogP contribution in [0.1, 0.15) is 23.6 Å². The predicted molar refractivity (Wildman–Crippen MR) is 127 cm³/mol. The first-order valence-electron chi connectivity index (χ1n) is 10.4. The molecular formula is C24H22N4O2S2. The van der Waals surface area contributed by atoms with E-state index in [0.717, 1.165) is 17.7 Å². The van der Waals surface area contributed by atoms with Crippen molar-refractivity contribution in [2.45, 2.75) is 29.1 Å². The molecule has 1 aliphatic heterocycles. The molecule has 1 N–H and O–H groups in total. The molecule has 5 rings (SSSR count). The molecule has 1 aliphatic rings. The summed E-state index contributed by atoms with van der Waals surface area (Å²) in [7, 11) is 0. The zero-order chi connectivity index (χ0) is 21.8. The molecule has 6 nitrogen and oxygen atoms in total. The number of nitrogens with one attached hydrogen (secondary N) is 1. The Morgan fingerprint density at radius 2 is 1.94 bits per heavy atom. The van der Waals surface area contributed by atoms with Crippen molar-refractivity contribution in [3.05, 3.63) is 84.1 Å². The quantitative estimate of drug-likeness (QED) is 0.388.